The van der Waals surface area contributed by atoms with Crippen LogP contribution in [0, 0.1) is 5.41 Å². The van der Waals surface area contributed by atoms with Crippen molar-refractivity contribution in [1.82, 2.24) is 9.88 Å². The van der Waals surface area contributed by atoms with Crippen LogP contribution in [0.5, 0.6) is 17.4 Å². The average molecular weight is 453 g/mol. The monoisotopic (exact) mass is 453 g/mol. The molecule has 0 saturated carbocycles. The zero-order valence-corrected chi connectivity index (χ0v) is 19.2. The van der Waals surface area contributed by atoms with Gasteiger partial charge in [0.15, 0.2) is 11.5 Å². The first-order valence-electron chi connectivity index (χ1n) is 10.8. The summed E-state index contributed by atoms with van der Waals surface area (Å²) in [5, 5.41) is 0. The molecule has 2 aliphatic heterocycles. The number of hydrogen-bond acceptors (Lipinski definition) is 7. The largest absolute Gasteiger partial charge is 0.493 e. The standard InChI is InChI=1S/C24H27N3O6/c1-24(2)9-7-21(28)27(22(24)29)17-5-6-20(25-13-17)33-23(30)26-10-8-15-11-18(31-3)19(32-4)12-16(15)14-26/h5-6,11-13H,7-10,14H2,1-4H3. The molecule has 0 bridgehead atoms. The highest BCUT2D eigenvalue weighted by Gasteiger charge is 2.41. The maximum absolute atomic E-state index is 12.7. The summed E-state index contributed by atoms with van der Waals surface area (Å²) in [4.78, 5) is 44.6. The van der Waals surface area contributed by atoms with Gasteiger partial charge in [0, 0.05) is 31.0 Å². The van der Waals surface area contributed by atoms with Crippen LogP contribution in [0.15, 0.2) is 30.5 Å². The number of imide groups is 1. The molecule has 1 aromatic carbocycles. The highest BCUT2D eigenvalue weighted by atomic mass is 16.6. The fourth-order valence-electron chi connectivity index (χ4n) is 4.07. The normalized spacial score (nSPS) is 17.5. The number of anilines is 1. The Balaban J connectivity index is 1.44. The van der Waals surface area contributed by atoms with Crippen LogP contribution in [0.25, 0.3) is 0 Å². The van der Waals surface area contributed by atoms with E-state index in [1.165, 1.54) is 12.3 Å². The van der Waals surface area contributed by atoms with E-state index in [9.17, 15) is 14.4 Å². The zero-order valence-electron chi connectivity index (χ0n) is 19.2. The first-order valence-corrected chi connectivity index (χ1v) is 10.8. The Bertz CT molecular complexity index is 1100. The Morgan fingerprint density at radius 1 is 1.03 bits per heavy atom. The number of hydrogen-bond donors (Lipinski definition) is 0. The van der Waals surface area contributed by atoms with Crippen LogP contribution in [-0.4, -0.2) is 48.6 Å². The number of amides is 3. The summed E-state index contributed by atoms with van der Waals surface area (Å²) in [6, 6.07) is 6.85. The number of methoxy groups -OCH3 is 2. The van der Waals surface area contributed by atoms with Gasteiger partial charge >= 0.3 is 6.09 Å². The molecular weight excluding hydrogens is 426 g/mol. The number of fused-ring (bicyclic) bond motifs is 1. The van der Waals surface area contributed by atoms with E-state index in [0.717, 1.165) is 16.0 Å². The van der Waals surface area contributed by atoms with E-state index in [1.54, 1.807) is 25.2 Å². The maximum atomic E-state index is 12.7. The van der Waals surface area contributed by atoms with Crippen molar-refractivity contribution >= 4 is 23.6 Å². The lowest BCUT2D eigenvalue weighted by Crippen LogP contribution is -2.49. The summed E-state index contributed by atoms with van der Waals surface area (Å²) >= 11 is 0. The third-order valence-electron chi connectivity index (χ3n) is 6.14. The predicted molar refractivity (Wildman–Crippen MR) is 119 cm³/mol. The number of aromatic nitrogens is 1. The van der Waals surface area contributed by atoms with Gasteiger partial charge in [-0.1, -0.05) is 13.8 Å². The minimum absolute atomic E-state index is 0.0954. The lowest BCUT2D eigenvalue weighted by molar-refractivity contribution is -0.136. The molecule has 9 nitrogen and oxygen atoms in total. The Hall–Kier alpha value is -3.62. The summed E-state index contributed by atoms with van der Waals surface area (Å²) in [6.45, 7) is 4.51. The van der Waals surface area contributed by atoms with Gasteiger partial charge < -0.3 is 19.1 Å². The molecule has 174 valence electrons. The molecule has 2 aromatic rings. The molecule has 0 spiro atoms. The second-order valence-electron chi connectivity index (χ2n) is 8.79. The van der Waals surface area contributed by atoms with Crippen LogP contribution >= 0.6 is 0 Å². The summed E-state index contributed by atoms with van der Waals surface area (Å²) in [6.07, 6.45) is 2.32. The van der Waals surface area contributed by atoms with E-state index in [0.29, 0.717) is 49.5 Å². The van der Waals surface area contributed by atoms with Gasteiger partial charge in [-0.3, -0.25) is 9.59 Å². The molecule has 1 saturated heterocycles. The number of benzene rings is 1. The highest BCUT2D eigenvalue weighted by molar-refractivity contribution is 6.18. The van der Waals surface area contributed by atoms with Gasteiger partial charge in [-0.15, -0.1) is 0 Å². The van der Waals surface area contributed by atoms with Gasteiger partial charge in [0.2, 0.25) is 17.7 Å². The Morgan fingerprint density at radius 2 is 1.73 bits per heavy atom. The minimum Gasteiger partial charge on any atom is -0.493 e. The van der Waals surface area contributed by atoms with Gasteiger partial charge in [0.05, 0.1) is 26.1 Å². The Morgan fingerprint density at radius 3 is 2.36 bits per heavy atom. The van der Waals surface area contributed by atoms with Gasteiger partial charge in [0.1, 0.15) is 0 Å². The summed E-state index contributed by atoms with van der Waals surface area (Å²) < 4.78 is 16.1. The first kappa shape index (κ1) is 22.6. The van der Waals surface area contributed by atoms with Gasteiger partial charge in [0.25, 0.3) is 0 Å². The molecule has 2 aliphatic rings. The fraction of sp³-hybridized carbons (Fsp3) is 0.417. The van der Waals surface area contributed by atoms with Gasteiger partial charge in [-0.25, -0.2) is 14.7 Å². The molecule has 1 aromatic heterocycles. The van der Waals surface area contributed by atoms with Crippen molar-refractivity contribution in [2.24, 2.45) is 5.41 Å². The van der Waals surface area contributed by atoms with Crippen molar-refractivity contribution in [2.45, 2.75) is 39.7 Å². The van der Waals surface area contributed by atoms with Crippen LogP contribution in [0.1, 0.15) is 37.8 Å². The molecule has 4 rings (SSSR count). The lowest BCUT2D eigenvalue weighted by Gasteiger charge is -2.35. The van der Waals surface area contributed by atoms with E-state index >= 15 is 0 Å². The number of carbonyl (C=O) groups excluding carboxylic acids is 3. The molecule has 0 unspecified atom stereocenters. The molecule has 0 radical (unpaired) electrons. The maximum Gasteiger partial charge on any atom is 0.416 e. The van der Waals surface area contributed by atoms with Crippen LogP contribution in [-0.2, 0) is 22.6 Å². The fourth-order valence-corrected chi connectivity index (χ4v) is 4.07. The molecule has 3 heterocycles. The number of piperidine rings is 1. The molecule has 0 aliphatic carbocycles. The van der Waals surface area contributed by atoms with Crippen LogP contribution in [0.3, 0.4) is 0 Å². The van der Waals surface area contributed by atoms with Crippen molar-refractivity contribution in [3.63, 3.8) is 0 Å². The predicted octanol–water partition coefficient (Wildman–Crippen LogP) is 3.34. The van der Waals surface area contributed by atoms with Crippen LogP contribution in [0.2, 0.25) is 0 Å². The second-order valence-corrected chi connectivity index (χ2v) is 8.79. The topological polar surface area (TPSA) is 98.3 Å². The Kier molecular flexibility index (Phi) is 5.97. The minimum atomic E-state index is -0.615. The summed E-state index contributed by atoms with van der Waals surface area (Å²) in [5.41, 5.74) is 1.81. The van der Waals surface area contributed by atoms with Gasteiger partial charge in [-0.2, -0.15) is 0 Å². The summed E-state index contributed by atoms with van der Waals surface area (Å²) in [7, 11) is 3.16. The number of rotatable bonds is 4. The molecular formula is C24H27N3O6. The van der Waals surface area contributed by atoms with Crippen molar-refractivity contribution in [2.75, 3.05) is 25.7 Å². The molecule has 3 amide bonds. The van der Waals surface area contributed by atoms with Gasteiger partial charge in [-0.05, 0) is 42.2 Å². The molecule has 33 heavy (non-hydrogen) atoms. The third kappa shape index (κ3) is 4.35. The first-order chi connectivity index (χ1) is 15.7. The van der Waals surface area contributed by atoms with Crippen molar-refractivity contribution in [1.29, 1.82) is 0 Å². The summed E-state index contributed by atoms with van der Waals surface area (Å²) in [5.74, 6) is 0.839. The highest BCUT2D eigenvalue weighted by Crippen LogP contribution is 2.35. The number of ether oxygens (including phenoxy) is 3. The average Bonchev–Trinajstić information content (AvgIpc) is 2.81. The number of pyridine rings is 1. The number of nitrogens with zero attached hydrogens (tertiary/aromatic N) is 3. The van der Waals surface area contributed by atoms with Crippen molar-refractivity contribution in [3.8, 4) is 17.4 Å². The van der Waals surface area contributed by atoms with E-state index in [-0.39, 0.29) is 17.7 Å². The van der Waals surface area contributed by atoms with Crippen LogP contribution < -0.4 is 19.1 Å². The quantitative estimate of drug-likeness (QED) is 0.655. The van der Waals surface area contributed by atoms with Crippen LogP contribution in [0.4, 0.5) is 10.5 Å². The Labute approximate surface area is 192 Å². The zero-order chi connectivity index (χ0) is 23.8. The smallest absolute Gasteiger partial charge is 0.416 e. The SMILES string of the molecule is COc1cc2c(cc1OC)CN(C(=O)Oc1ccc(N3C(=O)CCC(C)(C)C3=O)cn1)CC2. The van der Waals surface area contributed by atoms with E-state index in [1.807, 2.05) is 26.0 Å². The van der Waals surface area contributed by atoms with E-state index in [4.69, 9.17) is 14.2 Å². The molecule has 0 atom stereocenters. The van der Waals surface area contributed by atoms with Crippen molar-refractivity contribution < 1.29 is 28.6 Å². The van der Waals surface area contributed by atoms with E-state index < -0.39 is 11.5 Å². The van der Waals surface area contributed by atoms with Crippen molar-refractivity contribution in [3.05, 3.63) is 41.6 Å². The van der Waals surface area contributed by atoms with E-state index in [2.05, 4.69) is 4.98 Å². The number of carbonyl (C=O) groups is 3. The third-order valence-corrected chi connectivity index (χ3v) is 6.14. The second kappa shape index (κ2) is 8.73. The lowest BCUT2D eigenvalue weighted by atomic mass is 9.82. The molecule has 9 heteroatoms. The molecule has 0 N–H and O–H groups in total. The molecule has 1 fully saturated rings.